The van der Waals surface area contributed by atoms with Gasteiger partial charge in [0, 0.05) is 5.54 Å². The van der Waals surface area contributed by atoms with E-state index < -0.39 is 0 Å². The highest BCUT2D eigenvalue weighted by atomic mass is 14.7. The first-order valence-electron chi connectivity index (χ1n) is 5.18. The van der Waals surface area contributed by atoms with Crippen LogP contribution in [0.25, 0.3) is 0 Å². The molecule has 0 rings (SSSR count). The standard InChI is InChI=1S/C11H25N/c1-6-10(4,7-2)9-11(5,12)8-3/h6-9,12H2,1-5H3. The van der Waals surface area contributed by atoms with Crippen molar-refractivity contribution in [3.05, 3.63) is 0 Å². The van der Waals surface area contributed by atoms with Crippen LogP contribution in [0.3, 0.4) is 0 Å². The topological polar surface area (TPSA) is 26.0 Å². The minimum absolute atomic E-state index is 0.0285. The van der Waals surface area contributed by atoms with E-state index in [0.29, 0.717) is 5.41 Å². The maximum absolute atomic E-state index is 6.15. The van der Waals surface area contributed by atoms with Crippen LogP contribution in [0.5, 0.6) is 0 Å². The Hall–Kier alpha value is -0.0400. The van der Waals surface area contributed by atoms with Gasteiger partial charge in [-0.25, -0.2) is 0 Å². The predicted octanol–water partition coefficient (Wildman–Crippen LogP) is 3.33. The lowest BCUT2D eigenvalue weighted by Crippen LogP contribution is -2.40. The van der Waals surface area contributed by atoms with E-state index >= 15 is 0 Å². The molecule has 0 bridgehead atoms. The van der Waals surface area contributed by atoms with Crippen molar-refractivity contribution in [3.63, 3.8) is 0 Å². The molecule has 0 aromatic heterocycles. The molecule has 2 N–H and O–H groups in total. The third kappa shape index (κ3) is 3.57. The first kappa shape index (κ1) is 12.0. The van der Waals surface area contributed by atoms with Crippen molar-refractivity contribution < 1.29 is 0 Å². The minimum Gasteiger partial charge on any atom is -0.325 e. The van der Waals surface area contributed by atoms with Gasteiger partial charge in [0.05, 0.1) is 0 Å². The fraction of sp³-hybridized carbons (Fsp3) is 1.00. The summed E-state index contributed by atoms with van der Waals surface area (Å²) in [4.78, 5) is 0. The normalized spacial score (nSPS) is 17.5. The van der Waals surface area contributed by atoms with Gasteiger partial charge in [-0.15, -0.1) is 0 Å². The molecule has 1 nitrogen and oxygen atoms in total. The molecule has 1 atom stereocenters. The average molecular weight is 171 g/mol. The number of hydrogen-bond acceptors (Lipinski definition) is 1. The summed E-state index contributed by atoms with van der Waals surface area (Å²) in [6.07, 6.45) is 4.68. The molecular weight excluding hydrogens is 146 g/mol. The lowest BCUT2D eigenvalue weighted by molar-refractivity contribution is 0.202. The molecule has 0 aromatic rings. The Morgan fingerprint density at radius 1 is 0.917 bits per heavy atom. The molecule has 0 saturated heterocycles. The van der Waals surface area contributed by atoms with Gasteiger partial charge in [0.25, 0.3) is 0 Å². The minimum atomic E-state index is 0.0285. The number of hydrogen-bond donors (Lipinski definition) is 1. The molecule has 0 fully saturated rings. The van der Waals surface area contributed by atoms with Crippen LogP contribution < -0.4 is 5.73 Å². The predicted molar refractivity (Wildman–Crippen MR) is 56.2 cm³/mol. The molecule has 0 aromatic carbocycles. The van der Waals surface area contributed by atoms with Gasteiger partial charge in [-0.2, -0.15) is 0 Å². The van der Waals surface area contributed by atoms with Crippen LogP contribution in [0.4, 0.5) is 0 Å². The molecule has 1 unspecified atom stereocenters. The quantitative estimate of drug-likeness (QED) is 0.674. The van der Waals surface area contributed by atoms with E-state index in [4.69, 9.17) is 5.73 Å². The average Bonchev–Trinajstić information content (AvgIpc) is 2.04. The first-order chi connectivity index (χ1) is 5.39. The van der Waals surface area contributed by atoms with Crippen molar-refractivity contribution in [2.45, 2.75) is 65.8 Å². The Kier molecular flexibility index (Phi) is 4.25. The summed E-state index contributed by atoms with van der Waals surface area (Å²) in [5.74, 6) is 0. The van der Waals surface area contributed by atoms with E-state index in [9.17, 15) is 0 Å². The zero-order valence-electron chi connectivity index (χ0n) is 9.41. The van der Waals surface area contributed by atoms with E-state index in [1.807, 2.05) is 0 Å². The Morgan fingerprint density at radius 2 is 1.33 bits per heavy atom. The maximum atomic E-state index is 6.15. The maximum Gasteiger partial charge on any atom is 0.0128 e. The van der Waals surface area contributed by atoms with Crippen LogP contribution in [0.15, 0.2) is 0 Å². The molecule has 0 aliphatic rings. The van der Waals surface area contributed by atoms with Gasteiger partial charge in [-0.1, -0.05) is 40.5 Å². The smallest absolute Gasteiger partial charge is 0.0128 e. The Labute approximate surface area is 77.7 Å². The highest BCUT2D eigenvalue weighted by Crippen LogP contribution is 2.34. The number of rotatable bonds is 5. The van der Waals surface area contributed by atoms with Crippen molar-refractivity contribution >= 4 is 0 Å². The highest BCUT2D eigenvalue weighted by molar-refractivity contribution is 4.85. The highest BCUT2D eigenvalue weighted by Gasteiger charge is 2.28. The molecule has 0 amide bonds. The van der Waals surface area contributed by atoms with Gasteiger partial charge in [-0.05, 0) is 25.2 Å². The lowest BCUT2D eigenvalue weighted by Gasteiger charge is -2.35. The fourth-order valence-corrected chi connectivity index (χ4v) is 1.60. The van der Waals surface area contributed by atoms with Crippen LogP contribution in [0, 0.1) is 5.41 Å². The van der Waals surface area contributed by atoms with Crippen molar-refractivity contribution in [2.24, 2.45) is 11.1 Å². The largest absolute Gasteiger partial charge is 0.325 e. The summed E-state index contributed by atoms with van der Waals surface area (Å²) >= 11 is 0. The van der Waals surface area contributed by atoms with Crippen molar-refractivity contribution in [1.29, 1.82) is 0 Å². The third-order valence-electron chi connectivity index (χ3n) is 3.35. The van der Waals surface area contributed by atoms with Crippen molar-refractivity contribution in [3.8, 4) is 0 Å². The molecule has 1 heteroatoms. The van der Waals surface area contributed by atoms with E-state index in [2.05, 4.69) is 34.6 Å². The molecule has 0 aliphatic carbocycles. The Balaban J connectivity index is 4.20. The molecule has 0 saturated carbocycles. The Bertz CT molecular complexity index is 123. The second kappa shape index (κ2) is 4.27. The second-order valence-electron chi connectivity index (χ2n) is 4.70. The van der Waals surface area contributed by atoms with Crippen LogP contribution in [0.1, 0.15) is 60.3 Å². The van der Waals surface area contributed by atoms with Gasteiger partial charge >= 0.3 is 0 Å². The fourth-order valence-electron chi connectivity index (χ4n) is 1.60. The summed E-state index contributed by atoms with van der Waals surface area (Å²) < 4.78 is 0. The van der Waals surface area contributed by atoms with Crippen LogP contribution >= 0.6 is 0 Å². The Morgan fingerprint density at radius 3 is 1.58 bits per heavy atom. The summed E-state index contributed by atoms with van der Waals surface area (Å²) in [6, 6.07) is 0. The van der Waals surface area contributed by atoms with E-state index in [-0.39, 0.29) is 5.54 Å². The van der Waals surface area contributed by atoms with E-state index in [0.717, 1.165) is 12.8 Å². The van der Waals surface area contributed by atoms with Crippen LogP contribution in [-0.4, -0.2) is 5.54 Å². The van der Waals surface area contributed by atoms with Gasteiger partial charge in [0.1, 0.15) is 0 Å². The van der Waals surface area contributed by atoms with Gasteiger partial charge in [0.15, 0.2) is 0 Å². The van der Waals surface area contributed by atoms with Crippen LogP contribution in [-0.2, 0) is 0 Å². The molecule has 0 heterocycles. The summed E-state index contributed by atoms with van der Waals surface area (Å²) in [5, 5.41) is 0. The molecular formula is C11H25N. The SMILES string of the molecule is CCC(C)(N)CC(C)(CC)CC. The first-order valence-corrected chi connectivity index (χ1v) is 5.18. The van der Waals surface area contributed by atoms with Gasteiger partial charge < -0.3 is 5.73 Å². The van der Waals surface area contributed by atoms with E-state index in [1.165, 1.54) is 12.8 Å². The molecule has 0 spiro atoms. The van der Waals surface area contributed by atoms with Crippen LogP contribution in [0.2, 0.25) is 0 Å². The van der Waals surface area contributed by atoms with Gasteiger partial charge in [-0.3, -0.25) is 0 Å². The third-order valence-corrected chi connectivity index (χ3v) is 3.35. The zero-order valence-corrected chi connectivity index (χ0v) is 9.41. The zero-order chi connectivity index (χ0) is 9.83. The van der Waals surface area contributed by atoms with Crippen molar-refractivity contribution in [1.82, 2.24) is 0 Å². The molecule has 12 heavy (non-hydrogen) atoms. The number of nitrogens with two attached hydrogens (primary N) is 1. The molecule has 0 aliphatic heterocycles. The monoisotopic (exact) mass is 171 g/mol. The summed E-state index contributed by atoms with van der Waals surface area (Å²) in [7, 11) is 0. The molecule has 74 valence electrons. The van der Waals surface area contributed by atoms with Crippen molar-refractivity contribution in [2.75, 3.05) is 0 Å². The summed E-state index contributed by atoms with van der Waals surface area (Å²) in [6.45, 7) is 11.2. The molecule has 0 radical (unpaired) electrons. The second-order valence-corrected chi connectivity index (χ2v) is 4.70. The van der Waals surface area contributed by atoms with E-state index in [1.54, 1.807) is 0 Å². The van der Waals surface area contributed by atoms with Gasteiger partial charge in [0.2, 0.25) is 0 Å². The summed E-state index contributed by atoms with van der Waals surface area (Å²) in [5.41, 5.74) is 6.63. The lowest BCUT2D eigenvalue weighted by atomic mass is 9.74.